The van der Waals surface area contributed by atoms with Gasteiger partial charge in [0.1, 0.15) is 0 Å². The van der Waals surface area contributed by atoms with Gasteiger partial charge in [0.25, 0.3) is 0 Å². The van der Waals surface area contributed by atoms with E-state index < -0.39 is 0 Å². The van der Waals surface area contributed by atoms with Crippen molar-refractivity contribution in [1.82, 2.24) is 15.5 Å². The quantitative estimate of drug-likeness (QED) is 0.329. The molecule has 0 spiro atoms. The van der Waals surface area contributed by atoms with Crippen LogP contribution in [0.2, 0.25) is 0 Å². The molecule has 0 bridgehead atoms. The molecule has 1 aliphatic heterocycles. The summed E-state index contributed by atoms with van der Waals surface area (Å²) in [6.45, 7) is 9.05. The van der Waals surface area contributed by atoms with Gasteiger partial charge in [0, 0.05) is 33.3 Å². The molecule has 0 atom stereocenters. The fourth-order valence-electron chi connectivity index (χ4n) is 3.15. The van der Waals surface area contributed by atoms with Crippen LogP contribution in [-0.2, 0) is 11.2 Å². The van der Waals surface area contributed by atoms with Crippen molar-refractivity contribution in [1.29, 1.82) is 0 Å². The standard InChI is InChI=1S/C20H34N4O.HI/c1-3-21-20(22-12-9-18-7-5-4-6-8-18)23-17-19-10-13-24(14-11-19)15-16-25-2;/h4-8,19H,3,9-17H2,1-2H3,(H2,21,22,23);1H. The fraction of sp³-hybridized carbons (Fsp3) is 0.650. The molecule has 0 unspecified atom stereocenters. The molecule has 1 aromatic rings. The number of hydrogen-bond donors (Lipinski definition) is 2. The summed E-state index contributed by atoms with van der Waals surface area (Å²) in [6.07, 6.45) is 3.48. The van der Waals surface area contributed by atoms with Gasteiger partial charge in [-0.25, -0.2) is 0 Å². The van der Waals surface area contributed by atoms with Gasteiger partial charge < -0.3 is 20.3 Å². The summed E-state index contributed by atoms with van der Waals surface area (Å²) in [7, 11) is 1.77. The van der Waals surface area contributed by atoms with E-state index in [1.54, 1.807) is 7.11 Å². The van der Waals surface area contributed by atoms with E-state index in [2.05, 4.69) is 52.8 Å². The largest absolute Gasteiger partial charge is 0.383 e. The first-order valence-electron chi connectivity index (χ1n) is 9.59. The molecule has 1 aromatic carbocycles. The summed E-state index contributed by atoms with van der Waals surface area (Å²) in [5.74, 6) is 1.64. The summed E-state index contributed by atoms with van der Waals surface area (Å²) in [4.78, 5) is 7.30. The molecule has 26 heavy (non-hydrogen) atoms. The Morgan fingerprint density at radius 2 is 1.92 bits per heavy atom. The van der Waals surface area contributed by atoms with E-state index in [1.165, 1.54) is 31.5 Å². The first-order valence-corrected chi connectivity index (χ1v) is 9.59. The van der Waals surface area contributed by atoms with Crippen LogP contribution in [0, 0.1) is 5.92 Å². The highest BCUT2D eigenvalue weighted by molar-refractivity contribution is 14.0. The highest BCUT2D eigenvalue weighted by atomic mass is 127. The van der Waals surface area contributed by atoms with Crippen molar-refractivity contribution in [3.63, 3.8) is 0 Å². The number of rotatable bonds is 9. The van der Waals surface area contributed by atoms with E-state index >= 15 is 0 Å². The number of hydrogen-bond acceptors (Lipinski definition) is 3. The van der Waals surface area contributed by atoms with Gasteiger partial charge in [0.2, 0.25) is 0 Å². The molecule has 0 radical (unpaired) electrons. The van der Waals surface area contributed by atoms with Crippen molar-refractivity contribution in [2.45, 2.75) is 26.2 Å². The number of nitrogens with zero attached hydrogens (tertiary/aromatic N) is 2. The molecule has 1 fully saturated rings. The van der Waals surface area contributed by atoms with Gasteiger partial charge in [0.15, 0.2) is 5.96 Å². The Labute approximate surface area is 176 Å². The number of methoxy groups -OCH3 is 1. The van der Waals surface area contributed by atoms with Gasteiger partial charge >= 0.3 is 0 Å². The van der Waals surface area contributed by atoms with Crippen LogP contribution in [-0.4, -0.2) is 63.8 Å². The zero-order chi connectivity index (χ0) is 17.7. The Balaban J connectivity index is 0.00000338. The molecule has 0 amide bonds. The van der Waals surface area contributed by atoms with Crippen LogP contribution in [0.4, 0.5) is 0 Å². The molecule has 0 aromatic heterocycles. The third-order valence-electron chi connectivity index (χ3n) is 4.72. The van der Waals surface area contributed by atoms with Gasteiger partial charge in [-0.3, -0.25) is 4.99 Å². The maximum absolute atomic E-state index is 5.17. The number of ether oxygens (including phenoxy) is 1. The summed E-state index contributed by atoms with van der Waals surface area (Å²) < 4.78 is 5.17. The van der Waals surface area contributed by atoms with Crippen LogP contribution >= 0.6 is 24.0 Å². The topological polar surface area (TPSA) is 48.9 Å². The van der Waals surface area contributed by atoms with Gasteiger partial charge in [-0.2, -0.15) is 0 Å². The number of nitrogens with one attached hydrogen (secondary N) is 2. The van der Waals surface area contributed by atoms with Crippen LogP contribution in [0.15, 0.2) is 35.3 Å². The van der Waals surface area contributed by atoms with Gasteiger partial charge in [-0.05, 0) is 50.8 Å². The predicted octanol–water partition coefficient (Wildman–Crippen LogP) is 2.76. The molecule has 1 heterocycles. The molecule has 0 saturated carbocycles. The second-order valence-corrected chi connectivity index (χ2v) is 6.66. The second-order valence-electron chi connectivity index (χ2n) is 6.66. The Morgan fingerprint density at radius 3 is 2.58 bits per heavy atom. The van der Waals surface area contributed by atoms with Crippen LogP contribution in [0.3, 0.4) is 0 Å². The van der Waals surface area contributed by atoms with Crippen LogP contribution in [0.5, 0.6) is 0 Å². The molecule has 2 rings (SSSR count). The average molecular weight is 474 g/mol. The number of piperidine rings is 1. The monoisotopic (exact) mass is 474 g/mol. The fourth-order valence-corrected chi connectivity index (χ4v) is 3.15. The first kappa shape index (κ1) is 23.2. The summed E-state index contributed by atoms with van der Waals surface area (Å²) >= 11 is 0. The normalized spacial score (nSPS) is 16.2. The summed E-state index contributed by atoms with van der Waals surface area (Å²) in [5, 5.41) is 6.81. The molecule has 2 N–H and O–H groups in total. The smallest absolute Gasteiger partial charge is 0.191 e. The zero-order valence-corrected chi connectivity index (χ0v) is 18.6. The maximum Gasteiger partial charge on any atom is 0.191 e. The number of aliphatic imine (C=N–C) groups is 1. The lowest BCUT2D eigenvalue weighted by Gasteiger charge is -2.31. The minimum Gasteiger partial charge on any atom is -0.383 e. The van der Waals surface area contributed by atoms with Crippen molar-refractivity contribution in [2.75, 3.05) is 53.0 Å². The molecular weight excluding hydrogens is 439 g/mol. The Kier molecular flexibility index (Phi) is 12.7. The Bertz CT molecular complexity index is 490. The van der Waals surface area contributed by atoms with E-state index in [0.717, 1.165) is 45.2 Å². The van der Waals surface area contributed by atoms with E-state index in [-0.39, 0.29) is 24.0 Å². The van der Waals surface area contributed by atoms with Gasteiger partial charge in [0.05, 0.1) is 6.61 Å². The number of benzene rings is 1. The average Bonchev–Trinajstić information content (AvgIpc) is 2.66. The second kappa shape index (κ2) is 14.2. The van der Waals surface area contributed by atoms with Crippen LogP contribution < -0.4 is 10.6 Å². The molecule has 148 valence electrons. The SMILES string of the molecule is CCNC(=NCC1CCN(CCOC)CC1)NCCc1ccccc1.I. The lowest BCUT2D eigenvalue weighted by atomic mass is 9.97. The molecule has 1 saturated heterocycles. The lowest BCUT2D eigenvalue weighted by Crippen LogP contribution is -2.40. The maximum atomic E-state index is 5.17. The Hall–Kier alpha value is -0.860. The zero-order valence-electron chi connectivity index (χ0n) is 16.2. The van der Waals surface area contributed by atoms with Crippen molar-refractivity contribution in [2.24, 2.45) is 10.9 Å². The summed E-state index contributed by atoms with van der Waals surface area (Å²) in [6, 6.07) is 10.6. The predicted molar refractivity (Wildman–Crippen MR) is 121 cm³/mol. The summed E-state index contributed by atoms with van der Waals surface area (Å²) in [5.41, 5.74) is 1.36. The molecule has 1 aliphatic rings. The Morgan fingerprint density at radius 1 is 1.19 bits per heavy atom. The van der Waals surface area contributed by atoms with Crippen molar-refractivity contribution in [3.05, 3.63) is 35.9 Å². The number of likely N-dealkylation sites (tertiary alicyclic amines) is 1. The lowest BCUT2D eigenvalue weighted by molar-refractivity contribution is 0.121. The third kappa shape index (κ3) is 9.19. The highest BCUT2D eigenvalue weighted by Gasteiger charge is 2.18. The minimum atomic E-state index is 0. The van der Waals surface area contributed by atoms with E-state index in [1.807, 2.05) is 0 Å². The third-order valence-corrected chi connectivity index (χ3v) is 4.72. The van der Waals surface area contributed by atoms with Crippen molar-refractivity contribution >= 4 is 29.9 Å². The van der Waals surface area contributed by atoms with Crippen LogP contribution in [0.1, 0.15) is 25.3 Å². The molecular formula is C20H35IN4O. The van der Waals surface area contributed by atoms with Crippen molar-refractivity contribution < 1.29 is 4.74 Å². The number of halogens is 1. The van der Waals surface area contributed by atoms with Crippen LogP contribution in [0.25, 0.3) is 0 Å². The molecule has 0 aliphatic carbocycles. The van der Waals surface area contributed by atoms with Gasteiger partial charge in [-0.15, -0.1) is 24.0 Å². The minimum absolute atomic E-state index is 0. The van der Waals surface area contributed by atoms with Crippen molar-refractivity contribution in [3.8, 4) is 0 Å². The highest BCUT2D eigenvalue weighted by Crippen LogP contribution is 2.17. The first-order chi connectivity index (χ1) is 12.3. The number of guanidine groups is 1. The molecule has 5 nitrogen and oxygen atoms in total. The van der Waals surface area contributed by atoms with E-state index in [4.69, 9.17) is 9.73 Å². The van der Waals surface area contributed by atoms with E-state index in [0.29, 0.717) is 5.92 Å². The molecule has 6 heteroatoms. The van der Waals surface area contributed by atoms with Gasteiger partial charge in [-0.1, -0.05) is 30.3 Å². The van der Waals surface area contributed by atoms with E-state index in [9.17, 15) is 0 Å².